The number of nitrogens with one attached hydrogen (secondary N) is 2. The maximum Gasteiger partial charge on any atom is 0.309 e. The molecule has 1 fully saturated rings. The number of rotatable bonds is 7. The van der Waals surface area contributed by atoms with Crippen molar-refractivity contribution in [1.82, 2.24) is 15.5 Å². The number of hydrogen-bond acceptors (Lipinski definition) is 5. The molecule has 2 N–H and O–H groups in total. The maximum atomic E-state index is 13.3. The van der Waals surface area contributed by atoms with Gasteiger partial charge in [0.1, 0.15) is 11.6 Å². The fourth-order valence-corrected chi connectivity index (χ4v) is 3.31. The third kappa shape index (κ3) is 6.01. The van der Waals surface area contributed by atoms with Crippen molar-refractivity contribution < 1.29 is 23.5 Å². The molecule has 0 bridgehead atoms. The number of amides is 2. The fraction of sp³-hybridized carbons (Fsp3) is 0.364. The van der Waals surface area contributed by atoms with Crippen LogP contribution in [0.2, 0.25) is 0 Å². The van der Waals surface area contributed by atoms with Gasteiger partial charge in [0.25, 0.3) is 0 Å². The van der Waals surface area contributed by atoms with Crippen molar-refractivity contribution in [2.45, 2.75) is 12.6 Å². The number of carbonyl (C=O) groups is 2. The summed E-state index contributed by atoms with van der Waals surface area (Å²) in [5.74, 6) is -1.01. The monoisotopic (exact) mass is 415 g/mol. The lowest BCUT2D eigenvalue weighted by atomic mass is 10.0. The minimum Gasteiger partial charge on any atom is -0.497 e. The molecule has 2 aromatic rings. The lowest BCUT2D eigenvalue weighted by Gasteiger charge is -2.34. The van der Waals surface area contributed by atoms with E-state index in [2.05, 4.69) is 15.5 Å². The number of carbonyl (C=O) groups excluding carboxylic acids is 2. The molecule has 1 aliphatic heterocycles. The first kappa shape index (κ1) is 21.7. The Hall–Kier alpha value is -2.97. The molecule has 0 aromatic heterocycles. The van der Waals surface area contributed by atoms with Crippen LogP contribution in [0.3, 0.4) is 0 Å². The summed E-state index contributed by atoms with van der Waals surface area (Å²) < 4.78 is 23.8. The second-order valence-electron chi connectivity index (χ2n) is 6.96. The summed E-state index contributed by atoms with van der Waals surface area (Å²) in [7, 11) is 1.58. The van der Waals surface area contributed by atoms with E-state index in [9.17, 15) is 14.0 Å². The third-order valence-corrected chi connectivity index (χ3v) is 5.02. The SMILES string of the molecule is COc1ccc(CNC(=O)C(=O)NC[C@@H](c2ccc(F)cc2)N2CCOCC2)cc1. The van der Waals surface area contributed by atoms with E-state index in [1.165, 1.54) is 12.1 Å². The van der Waals surface area contributed by atoms with Gasteiger partial charge in [0.2, 0.25) is 0 Å². The molecule has 1 atom stereocenters. The number of halogens is 1. The molecule has 0 saturated carbocycles. The standard InChI is InChI=1S/C22H26FN3O4/c1-29-19-8-2-16(3-9-19)14-24-21(27)22(28)25-15-20(26-10-12-30-13-11-26)17-4-6-18(23)7-5-17/h2-9,20H,10-15H2,1H3,(H,24,27)(H,25,28)/t20-/m0/s1. The predicted octanol–water partition coefficient (Wildman–Crippen LogP) is 1.64. The van der Waals surface area contributed by atoms with Crippen LogP contribution in [0.4, 0.5) is 4.39 Å². The normalized spacial score (nSPS) is 15.3. The van der Waals surface area contributed by atoms with Gasteiger partial charge in [0, 0.05) is 26.2 Å². The van der Waals surface area contributed by atoms with Crippen LogP contribution in [-0.2, 0) is 20.9 Å². The molecule has 8 heteroatoms. The van der Waals surface area contributed by atoms with Gasteiger partial charge in [-0.3, -0.25) is 14.5 Å². The van der Waals surface area contributed by atoms with Gasteiger partial charge >= 0.3 is 11.8 Å². The average molecular weight is 415 g/mol. The summed E-state index contributed by atoms with van der Waals surface area (Å²) in [5, 5.41) is 5.31. The fourth-order valence-electron chi connectivity index (χ4n) is 3.31. The van der Waals surface area contributed by atoms with Gasteiger partial charge in [0.15, 0.2) is 0 Å². The summed E-state index contributed by atoms with van der Waals surface area (Å²) in [6, 6.07) is 13.2. The van der Waals surface area contributed by atoms with Crippen LogP contribution in [0.5, 0.6) is 5.75 Å². The summed E-state index contributed by atoms with van der Waals surface area (Å²) in [4.78, 5) is 26.6. The molecule has 2 aromatic carbocycles. The molecular weight excluding hydrogens is 389 g/mol. The van der Waals surface area contributed by atoms with Crippen molar-refractivity contribution in [3.63, 3.8) is 0 Å². The van der Waals surface area contributed by atoms with E-state index < -0.39 is 11.8 Å². The van der Waals surface area contributed by atoms with E-state index in [0.29, 0.717) is 26.3 Å². The highest BCUT2D eigenvalue weighted by molar-refractivity contribution is 6.35. The van der Waals surface area contributed by atoms with Crippen LogP contribution in [-0.4, -0.2) is 56.7 Å². The molecule has 3 rings (SSSR count). The Morgan fingerprint density at radius 3 is 2.30 bits per heavy atom. The maximum absolute atomic E-state index is 13.3. The van der Waals surface area contributed by atoms with E-state index >= 15 is 0 Å². The highest BCUT2D eigenvalue weighted by atomic mass is 19.1. The number of hydrogen-bond donors (Lipinski definition) is 2. The number of benzene rings is 2. The molecule has 0 aliphatic carbocycles. The molecule has 2 amide bonds. The quantitative estimate of drug-likeness (QED) is 0.672. The van der Waals surface area contributed by atoms with Crippen molar-refractivity contribution in [1.29, 1.82) is 0 Å². The number of morpholine rings is 1. The minimum atomic E-state index is -0.705. The molecule has 0 spiro atoms. The first-order valence-electron chi connectivity index (χ1n) is 9.83. The van der Waals surface area contributed by atoms with Gasteiger partial charge in [-0.15, -0.1) is 0 Å². The van der Waals surface area contributed by atoms with Gasteiger partial charge in [-0.05, 0) is 35.4 Å². The van der Waals surface area contributed by atoms with Gasteiger partial charge in [-0.2, -0.15) is 0 Å². The Morgan fingerprint density at radius 1 is 1.03 bits per heavy atom. The second-order valence-corrected chi connectivity index (χ2v) is 6.96. The van der Waals surface area contributed by atoms with E-state index in [1.807, 2.05) is 12.1 Å². The van der Waals surface area contributed by atoms with Crippen LogP contribution < -0.4 is 15.4 Å². The Labute approximate surface area is 175 Å². The van der Waals surface area contributed by atoms with Crippen molar-refractivity contribution in [3.05, 3.63) is 65.5 Å². The molecule has 160 valence electrons. The lowest BCUT2D eigenvalue weighted by molar-refractivity contribution is -0.139. The molecule has 7 nitrogen and oxygen atoms in total. The van der Waals surface area contributed by atoms with Crippen molar-refractivity contribution in [2.24, 2.45) is 0 Å². The number of methoxy groups -OCH3 is 1. The summed E-state index contributed by atoms with van der Waals surface area (Å²) in [6.45, 7) is 3.05. The van der Waals surface area contributed by atoms with Gasteiger partial charge in [-0.25, -0.2) is 4.39 Å². The molecule has 1 aliphatic rings. The molecular formula is C22H26FN3O4. The Balaban J connectivity index is 1.55. The van der Waals surface area contributed by atoms with E-state index in [0.717, 1.165) is 16.9 Å². The molecule has 1 saturated heterocycles. The molecule has 30 heavy (non-hydrogen) atoms. The van der Waals surface area contributed by atoms with Crippen LogP contribution in [0.1, 0.15) is 17.2 Å². The zero-order chi connectivity index (χ0) is 21.3. The first-order valence-corrected chi connectivity index (χ1v) is 9.83. The van der Waals surface area contributed by atoms with E-state index in [1.54, 1.807) is 31.4 Å². The highest BCUT2D eigenvalue weighted by Gasteiger charge is 2.24. The number of ether oxygens (including phenoxy) is 2. The van der Waals surface area contributed by atoms with Gasteiger partial charge < -0.3 is 20.1 Å². The van der Waals surface area contributed by atoms with Crippen molar-refractivity contribution >= 4 is 11.8 Å². The lowest BCUT2D eigenvalue weighted by Crippen LogP contribution is -2.46. The zero-order valence-corrected chi connectivity index (χ0v) is 16.9. The smallest absolute Gasteiger partial charge is 0.309 e. The predicted molar refractivity (Wildman–Crippen MR) is 109 cm³/mol. The topological polar surface area (TPSA) is 79.9 Å². The largest absolute Gasteiger partial charge is 0.497 e. The van der Waals surface area contributed by atoms with Crippen LogP contribution in [0, 0.1) is 5.82 Å². The molecule has 1 heterocycles. The van der Waals surface area contributed by atoms with Crippen LogP contribution in [0.15, 0.2) is 48.5 Å². The van der Waals surface area contributed by atoms with Crippen molar-refractivity contribution in [3.8, 4) is 5.75 Å². The Kier molecular flexibility index (Phi) is 7.75. The van der Waals surface area contributed by atoms with Gasteiger partial charge in [0.05, 0.1) is 26.4 Å². The van der Waals surface area contributed by atoms with Crippen LogP contribution in [0.25, 0.3) is 0 Å². The summed E-state index contributed by atoms with van der Waals surface area (Å²) >= 11 is 0. The zero-order valence-electron chi connectivity index (χ0n) is 16.9. The molecule has 0 unspecified atom stereocenters. The Bertz CT molecular complexity index is 836. The van der Waals surface area contributed by atoms with Crippen molar-refractivity contribution in [2.75, 3.05) is 40.0 Å². The Morgan fingerprint density at radius 2 is 1.67 bits per heavy atom. The van der Waals surface area contributed by atoms with Gasteiger partial charge in [-0.1, -0.05) is 24.3 Å². The number of nitrogens with zero attached hydrogens (tertiary/aromatic N) is 1. The van der Waals surface area contributed by atoms with E-state index in [-0.39, 0.29) is 24.9 Å². The summed E-state index contributed by atoms with van der Waals surface area (Å²) in [6.07, 6.45) is 0. The minimum absolute atomic E-state index is 0.173. The second kappa shape index (κ2) is 10.7. The summed E-state index contributed by atoms with van der Waals surface area (Å²) in [5.41, 5.74) is 1.73. The average Bonchev–Trinajstić information content (AvgIpc) is 2.79. The van der Waals surface area contributed by atoms with E-state index in [4.69, 9.17) is 9.47 Å². The molecule has 0 radical (unpaired) electrons. The third-order valence-electron chi connectivity index (χ3n) is 5.02. The first-order chi connectivity index (χ1) is 14.6. The highest BCUT2D eigenvalue weighted by Crippen LogP contribution is 2.21. The van der Waals surface area contributed by atoms with Crippen LogP contribution >= 0.6 is 0 Å².